The van der Waals surface area contributed by atoms with E-state index < -0.39 is 6.10 Å². The van der Waals surface area contributed by atoms with Crippen molar-refractivity contribution in [3.63, 3.8) is 0 Å². The molecule has 0 bridgehead atoms. The van der Waals surface area contributed by atoms with Gasteiger partial charge in [-0.05, 0) is 35.9 Å². The lowest BCUT2D eigenvalue weighted by atomic mass is 10.1. The molecular weight excluding hydrogens is 288 g/mol. The molecule has 4 nitrogen and oxygen atoms in total. The summed E-state index contributed by atoms with van der Waals surface area (Å²) in [5, 5.41) is 16.6. The normalized spacial score (nSPS) is 11.8. The number of amides is 1. The molecule has 0 aromatic heterocycles. The molecule has 0 heterocycles. The molecule has 0 fully saturated rings. The molecular formula is C16H17ClN2O2. The van der Waals surface area contributed by atoms with Crippen molar-refractivity contribution in [2.75, 3.05) is 17.2 Å². The van der Waals surface area contributed by atoms with Crippen molar-refractivity contribution in [1.82, 2.24) is 0 Å². The molecule has 0 spiro atoms. The Morgan fingerprint density at radius 1 is 1.19 bits per heavy atom. The fraction of sp³-hybridized carbons (Fsp3) is 0.188. The minimum absolute atomic E-state index is 0.117. The van der Waals surface area contributed by atoms with Crippen molar-refractivity contribution < 1.29 is 9.90 Å². The Morgan fingerprint density at radius 2 is 1.86 bits per heavy atom. The topological polar surface area (TPSA) is 61.4 Å². The summed E-state index contributed by atoms with van der Waals surface area (Å²) in [4.78, 5) is 11.0. The van der Waals surface area contributed by atoms with E-state index in [4.69, 9.17) is 11.6 Å². The molecule has 110 valence electrons. The lowest BCUT2D eigenvalue weighted by Gasteiger charge is -2.14. The first-order chi connectivity index (χ1) is 10.0. The SMILES string of the molecule is CC(=O)Nc1cccc(NCC(O)c2ccc(Cl)cc2)c1. The van der Waals surface area contributed by atoms with Crippen LogP contribution in [-0.4, -0.2) is 17.6 Å². The van der Waals surface area contributed by atoms with Gasteiger partial charge < -0.3 is 15.7 Å². The van der Waals surface area contributed by atoms with Gasteiger partial charge in [0.2, 0.25) is 5.91 Å². The summed E-state index contributed by atoms with van der Waals surface area (Å²) in [6.07, 6.45) is -0.633. The van der Waals surface area contributed by atoms with Gasteiger partial charge in [-0.3, -0.25) is 4.79 Å². The highest BCUT2D eigenvalue weighted by atomic mass is 35.5. The van der Waals surface area contributed by atoms with Crippen LogP contribution < -0.4 is 10.6 Å². The zero-order chi connectivity index (χ0) is 15.2. The van der Waals surface area contributed by atoms with E-state index in [2.05, 4.69) is 10.6 Å². The summed E-state index contributed by atoms with van der Waals surface area (Å²) in [5.41, 5.74) is 2.34. The van der Waals surface area contributed by atoms with Crippen LogP contribution in [0.5, 0.6) is 0 Å². The van der Waals surface area contributed by atoms with Gasteiger partial charge in [0.15, 0.2) is 0 Å². The van der Waals surface area contributed by atoms with Gasteiger partial charge in [-0.2, -0.15) is 0 Å². The maximum absolute atomic E-state index is 11.0. The molecule has 2 aromatic rings. The van der Waals surface area contributed by atoms with E-state index in [-0.39, 0.29) is 5.91 Å². The summed E-state index contributed by atoms with van der Waals surface area (Å²) >= 11 is 5.82. The first-order valence-corrected chi connectivity index (χ1v) is 6.97. The lowest BCUT2D eigenvalue weighted by Crippen LogP contribution is -2.12. The Bertz CT molecular complexity index is 614. The summed E-state index contributed by atoms with van der Waals surface area (Å²) in [6, 6.07) is 14.4. The van der Waals surface area contributed by atoms with Gasteiger partial charge in [-0.1, -0.05) is 29.8 Å². The Balaban J connectivity index is 1.96. The number of carbonyl (C=O) groups is 1. The van der Waals surface area contributed by atoms with E-state index in [1.807, 2.05) is 24.3 Å². The second-order valence-corrected chi connectivity index (χ2v) is 5.15. The zero-order valence-corrected chi connectivity index (χ0v) is 12.4. The largest absolute Gasteiger partial charge is 0.387 e. The van der Waals surface area contributed by atoms with Gasteiger partial charge in [0.25, 0.3) is 0 Å². The summed E-state index contributed by atoms with van der Waals surface area (Å²) in [5.74, 6) is -0.117. The van der Waals surface area contributed by atoms with Gasteiger partial charge in [-0.25, -0.2) is 0 Å². The van der Waals surface area contributed by atoms with E-state index in [0.717, 1.165) is 11.3 Å². The van der Waals surface area contributed by atoms with E-state index in [9.17, 15) is 9.90 Å². The second kappa shape index (κ2) is 7.11. The maximum Gasteiger partial charge on any atom is 0.221 e. The number of benzene rings is 2. The van der Waals surface area contributed by atoms with Crippen LogP contribution in [0.2, 0.25) is 5.02 Å². The molecule has 0 saturated heterocycles. The number of aliphatic hydroxyl groups excluding tert-OH is 1. The summed E-state index contributed by atoms with van der Waals surface area (Å²) in [6.45, 7) is 1.83. The van der Waals surface area contributed by atoms with E-state index >= 15 is 0 Å². The number of aliphatic hydroxyl groups is 1. The molecule has 0 aliphatic rings. The van der Waals surface area contributed by atoms with Crippen LogP contribution in [0, 0.1) is 0 Å². The van der Waals surface area contributed by atoms with Crippen LogP contribution in [0.4, 0.5) is 11.4 Å². The number of anilines is 2. The highest BCUT2D eigenvalue weighted by Crippen LogP contribution is 2.19. The second-order valence-electron chi connectivity index (χ2n) is 4.71. The van der Waals surface area contributed by atoms with Crippen LogP contribution in [-0.2, 0) is 4.79 Å². The van der Waals surface area contributed by atoms with Crippen molar-refractivity contribution in [1.29, 1.82) is 0 Å². The fourth-order valence-corrected chi connectivity index (χ4v) is 2.05. The van der Waals surface area contributed by atoms with Gasteiger partial charge in [-0.15, -0.1) is 0 Å². The Labute approximate surface area is 128 Å². The quantitative estimate of drug-likeness (QED) is 0.793. The molecule has 1 atom stereocenters. The zero-order valence-electron chi connectivity index (χ0n) is 11.6. The Morgan fingerprint density at radius 3 is 2.52 bits per heavy atom. The number of rotatable bonds is 5. The predicted octanol–water partition coefficient (Wildman–Crippen LogP) is 3.44. The lowest BCUT2D eigenvalue weighted by molar-refractivity contribution is -0.114. The smallest absolute Gasteiger partial charge is 0.221 e. The number of halogens is 1. The molecule has 0 aliphatic heterocycles. The molecule has 21 heavy (non-hydrogen) atoms. The third-order valence-corrected chi connectivity index (χ3v) is 3.19. The number of hydrogen-bond donors (Lipinski definition) is 3. The number of nitrogens with one attached hydrogen (secondary N) is 2. The van der Waals surface area contributed by atoms with E-state index in [1.165, 1.54) is 6.92 Å². The first-order valence-electron chi connectivity index (χ1n) is 6.59. The molecule has 5 heteroatoms. The molecule has 2 rings (SSSR count). The van der Waals surface area contributed by atoms with Crippen molar-refractivity contribution in [3.05, 3.63) is 59.1 Å². The van der Waals surface area contributed by atoms with Crippen molar-refractivity contribution in [2.45, 2.75) is 13.0 Å². The monoisotopic (exact) mass is 304 g/mol. The van der Waals surface area contributed by atoms with Gasteiger partial charge >= 0.3 is 0 Å². The third-order valence-electron chi connectivity index (χ3n) is 2.94. The van der Waals surface area contributed by atoms with Gasteiger partial charge in [0.1, 0.15) is 0 Å². The molecule has 1 unspecified atom stereocenters. The molecule has 0 aliphatic carbocycles. The molecule has 0 radical (unpaired) electrons. The van der Waals surface area contributed by atoms with Gasteiger partial charge in [0, 0.05) is 29.9 Å². The fourth-order valence-electron chi connectivity index (χ4n) is 1.93. The van der Waals surface area contributed by atoms with E-state index in [1.54, 1.807) is 24.3 Å². The minimum atomic E-state index is -0.633. The van der Waals surface area contributed by atoms with E-state index in [0.29, 0.717) is 17.3 Å². The van der Waals surface area contributed by atoms with Crippen LogP contribution in [0.25, 0.3) is 0 Å². The number of hydrogen-bond acceptors (Lipinski definition) is 3. The first kappa shape index (κ1) is 15.4. The average molecular weight is 305 g/mol. The van der Waals surface area contributed by atoms with Crippen molar-refractivity contribution in [2.24, 2.45) is 0 Å². The summed E-state index contributed by atoms with van der Waals surface area (Å²) < 4.78 is 0. The van der Waals surface area contributed by atoms with Crippen LogP contribution in [0.1, 0.15) is 18.6 Å². The molecule has 1 amide bonds. The van der Waals surface area contributed by atoms with Crippen molar-refractivity contribution >= 4 is 28.9 Å². The molecule has 2 aromatic carbocycles. The average Bonchev–Trinajstić information content (AvgIpc) is 2.45. The van der Waals surface area contributed by atoms with Crippen molar-refractivity contribution in [3.8, 4) is 0 Å². The summed E-state index contributed by atoms with van der Waals surface area (Å²) in [7, 11) is 0. The Hall–Kier alpha value is -2.04. The maximum atomic E-state index is 11.0. The van der Waals surface area contributed by atoms with Gasteiger partial charge in [0.05, 0.1) is 6.10 Å². The minimum Gasteiger partial charge on any atom is -0.387 e. The number of carbonyl (C=O) groups excluding carboxylic acids is 1. The standard InChI is InChI=1S/C16H17ClN2O2/c1-11(20)19-15-4-2-3-14(9-15)18-10-16(21)12-5-7-13(17)8-6-12/h2-9,16,18,21H,10H2,1H3,(H,19,20). The van der Waals surface area contributed by atoms with Crippen LogP contribution >= 0.6 is 11.6 Å². The Kier molecular flexibility index (Phi) is 5.20. The van der Waals surface area contributed by atoms with Crippen LogP contribution in [0.15, 0.2) is 48.5 Å². The third kappa shape index (κ3) is 4.77. The highest BCUT2D eigenvalue weighted by molar-refractivity contribution is 6.30. The van der Waals surface area contributed by atoms with Crippen LogP contribution in [0.3, 0.4) is 0 Å². The molecule has 3 N–H and O–H groups in total. The predicted molar refractivity (Wildman–Crippen MR) is 85.6 cm³/mol. The molecule has 0 saturated carbocycles. The highest BCUT2D eigenvalue weighted by Gasteiger charge is 2.07.